The van der Waals surface area contributed by atoms with Gasteiger partial charge < -0.3 is 24.1 Å². The molecule has 3 rings (SSSR count). The van der Waals surface area contributed by atoms with Crippen molar-refractivity contribution < 1.29 is 24.1 Å². The number of aliphatic hydroxyl groups excluding tert-OH is 1. The van der Waals surface area contributed by atoms with Crippen LogP contribution in [0.1, 0.15) is 18.8 Å². The van der Waals surface area contributed by atoms with Crippen LogP contribution in [0, 0.1) is 0 Å². The minimum Gasteiger partial charge on any atom is -0.388 e. The molecule has 2 aliphatic rings. The fraction of sp³-hybridized carbons (Fsp3) is 0.600. The molecule has 5 heteroatoms. The summed E-state index contributed by atoms with van der Waals surface area (Å²) in [5.74, 6) is 0. The van der Waals surface area contributed by atoms with Crippen LogP contribution in [-0.4, -0.2) is 49.3 Å². The molecule has 0 spiro atoms. The van der Waals surface area contributed by atoms with E-state index in [4.69, 9.17) is 18.9 Å². The van der Waals surface area contributed by atoms with Gasteiger partial charge in [-0.05, 0) is 6.92 Å². The van der Waals surface area contributed by atoms with E-state index in [0.717, 1.165) is 5.56 Å². The van der Waals surface area contributed by atoms with Crippen molar-refractivity contribution in [3.05, 3.63) is 35.9 Å². The maximum Gasteiger partial charge on any atom is 0.184 e. The Kier molecular flexibility index (Phi) is 4.05. The standard InChI is InChI=1S/C15H20O5/c1-9-12(16)14(17-2)13-11(19-9)8-18-15(20-13)10-6-4-3-5-7-10/h3-7,9,11-16H,8H2,1-2H3/t9?,11?,12?,13-,14?,15?/m0/s1. The monoisotopic (exact) mass is 280 g/mol. The lowest BCUT2D eigenvalue weighted by molar-refractivity contribution is -0.329. The molecule has 2 fully saturated rings. The van der Waals surface area contributed by atoms with E-state index in [0.29, 0.717) is 6.61 Å². The molecule has 2 saturated heterocycles. The number of hydrogen-bond acceptors (Lipinski definition) is 5. The van der Waals surface area contributed by atoms with E-state index in [9.17, 15) is 5.11 Å². The van der Waals surface area contributed by atoms with E-state index >= 15 is 0 Å². The second-order valence-corrected chi connectivity index (χ2v) is 5.25. The summed E-state index contributed by atoms with van der Waals surface area (Å²) in [6.07, 6.45) is -2.38. The SMILES string of the molecule is COC1C(O)C(C)OC2COC(c3ccccc3)O[C@@H]21. The molecular formula is C15H20O5. The number of aliphatic hydroxyl groups is 1. The van der Waals surface area contributed by atoms with E-state index in [-0.39, 0.29) is 18.3 Å². The maximum atomic E-state index is 10.2. The zero-order valence-electron chi connectivity index (χ0n) is 11.6. The Morgan fingerprint density at radius 3 is 2.65 bits per heavy atom. The molecular weight excluding hydrogens is 260 g/mol. The van der Waals surface area contributed by atoms with Crippen LogP contribution < -0.4 is 0 Å². The van der Waals surface area contributed by atoms with Crippen LogP contribution in [0.5, 0.6) is 0 Å². The Bertz CT molecular complexity index is 437. The molecule has 0 aromatic heterocycles. The Morgan fingerprint density at radius 1 is 1.20 bits per heavy atom. The van der Waals surface area contributed by atoms with Crippen LogP contribution in [0.4, 0.5) is 0 Å². The van der Waals surface area contributed by atoms with E-state index in [1.165, 1.54) is 0 Å². The third-order valence-electron chi connectivity index (χ3n) is 3.93. The zero-order chi connectivity index (χ0) is 14.1. The fourth-order valence-electron chi connectivity index (χ4n) is 2.83. The van der Waals surface area contributed by atoms with Gasteiger partial charge in [-0.15, -0.1) is 0 Å². The van der Waals surface area contributed by atoms with Crippen molar-refractivity contribution in [3.63, 3.8) is 0 Å². The molecule has 0 amide bonds. The second kappa shape index (κ2) is 5.79. The third kappa shape index (κ3) is 2.47. The minimum absolute atomic E-state index is 0.210. The minimum atomic E-state index is -0.698. The van der Waals surface area contributed by atoms with Gasteiger partial charge in [-0.1, -0.05) is 30.3 Å². The smallest absolute Gasteiger partial charge is 0.184 e. The fourth-order valence-corrected chi connectivity index (χ4v) is 2.83. The number of fused-ring (bicyclic) bond motifs is 1. The molecule has 0 radical (unpaired) electrons. The maximum absolute atomic E-state index is 10.2. The Labute approximate surface area is 118 Å². The van der Waals surface area contributed by atoms with E-state index < -0.39 is 18.5 Å². The molecule has 1 N–H and O–H groups in total. The van der Waals surface area contributed by atoms with Crippen LogP contribution in [0.2, 0.25) is 0 Å². The van der Waals surface area contributed by atoms with Gasteiger partial charge in [0, 0.05) is 12.7 Å². The van der Waals surface area contributed by atoms with Crippen molar-refractivity contribution >= 4 is 0 Å². The summed E-state index contributed by atoms with van der Waals surface area (Å²) >= 11 is 0. The zero-order valence-corrected chi connectivity index (χ0v) is 11.6. The molecule has 0 bridgehead atoms. The van der Waals surface area contributed by atoms with Gasteiger partial charge in [0.15, 0.2) is 6.29 Å². The molecule has 5 unspecified atom stereocenters. The van der Waals surface area contributed by atoms with Gasteiger partial charge in [0.25, 0.3) is 0 Å². The van der Waals surface area contributed by atoms with Crippen LogP contribution in [-0.2, 0) is 18.9 Å². The summed E-state index contributed by atoms with van der Waals surface area (Å²) in [5, 5.41) is 10.2. The molecule has 0 aliphatic carbocycles. The van der Waals surface area contributed by atoms with E-state index in [1.54, 1.807) is 7.11 Å². The van der Waals surface area contributed by atoms with Gasteiger partial charge in [-0.3, -0.25) is 0 Å². The average Bonchev–Trinajstić information content (AvgIpc) is 2.49. The molecule has 0 saturated carbocycles. The van der Waals surface area contributed by atoms with Crippen LogP contribution in [0.25, 0.3) is 0 Å². The quantitative estimate of drug-likeness (QED) is 0.884. The first-order valence-corrected chi connectivity index (χ1v) is 6.89. The topological polar surface area (TPSA) is 57.2 Å². The van der Waals surface area contributed by atoms with Crippen molar-refractivity contribution in [1.82, 2.24) is 0 Å². The van der Waals surface area contributed by atoms with Gasteiger partial charge in [-0.25, -0.2) is 0 Å². The van der Waals surface area contributed by atoms with Crippen LogP contribution in [0.3, 0.4) is 0 Å². The van der Waals surface area contributed by atoms with Gasteiger partial charge >= 0.3 is 0 Å². The molecule has 6 atom stereocenters. The predicted molar refractivity (Wildman–Crippen MR) is 71.1 cm³/mol. The first kappa shape index (κ1) is 14.0. The van der Waals surface area contributed by atoms with Crippen molar-refractivity contribution in [2.75, 3.05) is 13.7 Å². The molecule has 110 valence electrons. The summed E-state index contributed by atoms with van der Waals surface area (Å²) in [7, 11) is 1.58. The molecule has 5 nitrogen and oxygen atoms in total. The molecule has 1 aromatic carbocycles. The lowest BCUT2D eigenvalue weighted by Crippen LogP contribution is -2.61. The average molecular weight is 280 g/mol. The Hall–Kier alpha value is -0.980. The summed E-state index contributed by atoms with van der Waals surface area (Å²) < 4.78 is 22.8. The summed E-state index contributed by atoms with van der Waals surface area (Å²) in [5.41, 5.74) is 0.953. The second-order valence-electron chi connectivity index (χ2n) is 5.25. The number of benzene rings is 1. The lowest BCUT2D eigenvalue weighted by Gasteiger charge is -2.47. The highest BCUT2D eigenvalue weighted by molar-refractivity contribution is 5.16. The van der Waals surface area contributed by atoms with Gasteiger partial charge in [0.05, 0.1) is 12.7 Å². The number of rotatable bonds is 2. The van der Waals surface area contributed by atoms with Gasteiger partial charge in [0.1, 0.15) is 24.4 Å². The highest BCUT2D eigenvalue weighted by atomic mass is 16.7. The molecule has 20 heavy (non-hydrogen) atoms. The highest BCUT2D eigenvalue weighted by Crippen LogP contribution is 2.34. The largest absolute Gasteiger partial charge is 0.388 e. The highest BCUT2D eigenvalue weighted by Gasteiger charge is 2.48. The van der Waals surface area contributed by atoms with Crippen molar-refractivity contribution in [3.8, 4) is 0 Å². The Morgan fingerprint density at radius 2 is 1.95 bits per heavy atom. The predicted octanol–water partition coefficient (Wildman–Crippen LogP) is 1.26. The first-order chi connectivity index (χ1) is 9.70. The van der Waals surface area contributed by atoms with Crippen LogP contribution in [0.15, 0.2) is 30.3 Å². The van der Waals surface area contributed by atoms with Gasteiger partial charge in [0.2, 0.25) is 0 Å². The van der Waals surface area contributed by atoms with E-state index in [1.807, 2.05) is 37.3 Å². The molecule has 2 heterocycles. The normalized spacial score (nSPS) is 41.1. The summed E-state index contributed by atoms with van der Waals surface area (Å²) in [6.45, 7) is 2.26. The van der Waals surface area contributed by atoms with E-state index in [2.05, 4.69) is 0 Å². The van der Waals surface area contributed by atoms with Crippen LogP contribution >= 0.6 is 0 Å². The number of hydrogen-bond donors (Lipinski definition) is 1. The number of ether oxygens (including phenoxy) is 4. The van der Waals surface area contributed by atoms with Gasteiger partial charge in [-0.2, -0.15) is 0 Å². The van der Waals surface area contributed by atoms with Crippen molar-refractivity contribution in [2.45, 2.75) is 43.7 Å². The van der Waals surface area contributed by atoms with Crippen molar-refractivity contribution in [2.24, 2.45) is 0 Å². The number of methoxy groups -OCH3 is 1. The third-order valence-corrected chi connectivity index (χ3v) is 3.93. The summed E-state index contributed by atoms with van der Waals surface area (Å²) in [4.78, 5) is 0. The summed E-state index contributed by atoms with van der Waals surface area (Å²) in [6, 6.07) is 9.74. The Balaban J connectivity index is 1.78. The molecule has 1 aromatic rings. The molecule has 2 aliphatic heterocycles. The lowest BCUT2D eigenvalue weighted by atomic mass is 9.94. The van der Waals surface area contributed by atoms with Crippen molar-refractivity contribution in [1.29, 1.82) is 0 Å². The first-order valence-electron chi connectivity index (χ1n) is 6.89.